The van der Waals surface area contributed by atoms with E-state index in [1.165, 1.54) is 36.9 Å². The van der Waals surface area contributed by atoms with Crippen LogP contribution in [0.2, 0.25) is 0 Å². The number of methoxy groups -OCH3 is 1. The lowest BCUT2D eigenvalue weighted by Gasteiger charge is -2.23. The van der Waals surface area contributed by atoms with Crippen LogP contribution >= 0.6 is 15.9 Å². The third-order valence-electron chi connectivity index (χ3n) is 3.38. The number of rotatable bonds is 4. The van der Waals surface area contributed by atoms with Gasteiger partial charge in [0.05, 0.1) is 6.61 Å². The molecule has 1 aliphatic heterocycles. The lowest BCUT2D eigenvalue weighted by Crippen LogP contribution is -2.31. The maximum atomic E-state index is 5.28. The second kappa shape index (κ2) is 6.53. The number of hydrogen-bond donors (Lipinski definition) is 1. The summed E-state index contributed by atoms with van der Waals surface area (Å²) in [4.78, 5) is 0. The lowest BCUT2D eigenvalue weighted by atomic mass is 9.90. The monoisotopic (exact) mass is 297 g/mol. The molecule has 17 heavy (non-hydrogen) atoms. The molecule has 2 rings (SSSR count). The van der Waals surface area contributed by atoms with E-state index in [1.807, 2.05) is 0 Å². The van der Waals surface area contributed by atoms with Gasteiger partial charge in [-0.05, 0) is 61.5 Å². The Balaban J connectivity index is 2.07. The highest BCUT2D eigenvalue weighted by atomic mass is 79.9. The standard InChI is InChI=1S/C14H20BrNO/c1-17-10-13-8-14(15)5-4-12(13)7-11-3-2-6-16-9-11/h4-5,8,11,16H,2-3,6-7,9-10H2,1H3. The smallest absolute Gasteiger partial charge is 0.0716 e. The number of nitrogens with one attached hydrogen (secondary N) is 1. The van der Waals surface area contributed by atoms with E-state index in [2.05, 4.69) is 39.4 Å². The maximum absolute atomic E-state index is 5.28. The highest BCUT2D eigenvalue weighted by molar-refractivity contribution is 9.10. The Bertz CT molecular complexity index is 361. The van der Waals surface area contributed by atoms with Crippen LogP contribution in [0.15, 0.2) is 22.7 Å². The van der Waals surface area contributed by atoms with Gasteiger partial charge in [0.25, 0.3) is 0 Å². The van der Waals surface area contributed by atoms with Gasteiger partial charge in [-0.3, -0.25) is 0 Å². The molecular formula is C14H20BrNO. The largest absolute Gasteiger partial charge is 0.380 e. The molecule has 0 amide bonds. The van der Waals surface area contributed by atoms with Gasteiger partial charge in [-0.25, -0.2) is 0 Å². The molecule has 0 radical (unpaired) electrons. The average Bonchev–Trinajstić information content (AvgIpc) is 2.34. The van der Waals surface area contributed by atoms with Crippen molar-refractivity contribution in [3.8, 4) is 0 Å². The molecular weight excluding hydrogens is 278 g/mol. The maximum Gasteiger partial charge on any atom is 0.0716 e. The van der Waals surface area contributed by atoms with Crippen molar-refractivity contribution >= 4 is 15.9 Å². The van der Waals surface area contributed by atoms with Gasteiger partial charge in [-0.2, -0.15) is 0 Å². The van der Waals surface area contributed by atoms with E-state index in [4.69, 9.17) is 4.74 Å². The van der Waals surface area contributed by atoms with Gasteiger partial charge in [0.2, 0.25) is 0 Å². The van der Waals surface area contributed by atoms with Crippen molar-refractivity contribution in [3.63, 3.8) is 0 Å². The Labute approximate surface area is 112 Å². The van der Waals surface area contributed by atoms with E-state index >= 15 is 0 Å². The molecule has 1 aromatic carbocycles. The van der Waals surface area contributed by atoms with E-state index < -0.39 is 0 Å². The van der Waals surface area contributed by atoms with Crippen molar-refractivity contribution in [1.29, 1.82) is 0 Å². The third kappa shape index (κ3) is 3.80. The van der Waals surface area contributed by atoms with Crippen LogP contribution in [-0.2, 0) is 17.8 Å². The number of piperidine rings is 1. The van der Waals surface area contributed by atoms with Gasteiger partial charge < -0.3 is 10.1 Å². The second-order valence-corrected chi connectivity index (χ2v) is 5.68. The molecule has 1 unspecified atom stereocenters. The SMILES string of the molecule is COCc1cc(Br)ccc1CC1CCCNC1. The Kier molecular flexibility index (Phi) is 5.01. The van der Waals surface area contributed by atoms with Crippen LogP contribution in [0.4, 0.5) is 0 Å². The highest BCUT2D eigenvalue weighted by Crippen LogP contribution is 2.22. The number of ether oxygens (including phenoxy) is 1. The fraction of sp³-hybridized carbons (Fsp3) is 0.571. The topological polar surface area (TPSA) is 21.3 Å². The molecule has 2 nitrogen and oxygen atoms in total. The van der Waals surface area contributed by atoms with Crippen LogP contribution < -0.4 is 5.32 Å². The van der Waals surface area contributed by atoms with Gasteiger partial charge in [0.15, 0.2) is 0 Å². The number of halogens is 1. The molecule has 1 atom stereocenters. The first-order valence-corrected chi connectivity index (χ1v) is 7.06. The van der Waals surface area contributed by atoms with Crippen molar-refractivity contribution in [3.05, 3.63) is 33.8 Å². The molecule has 0 spiro atoms. The average molecular weight is 298 g/mol. The molecule has 1 aromatic rings. The first-order chi connectivity index (χ1) is 8.29. The molecule has 1 saturated heterocycles. The third-order valence-corrected chi connectivity index (χ3v) is 3.87. The van der Waals surface area contributed by atoms with Crippen molar-refractivity contribution < 1.29 is 4.74 Å². The molecule has 0 aliphatic carbocycles. The minimum Gasteiger partial charge on any atom is -0.380 e. The van der Waals surface area contributed by atoms with Crippen molar-refractivity contribution in [1.82, 2.24) is 5.32 Å². The highest BCUT2D eigenvalue weighted by Gasteiger charge is 2.15. The van der Waals surface area contributed by atoms with Crippen molar-refractivity contribution in [2.75, 3.05) is 20.2 Å². The van der Waals surface area contributed by atoms with Gasteiger partial charge in [0.1, 0.15) is 0 Å². The normalized spacial score (nSPS) is 20.5. The van der Waals surface area contributed by atoms with Crippen LogP contribution in [0.1, 0.15) is 24.0 Å². The Morgan fingerprint density at radius 3 is 3.00 bits per heavy atom. The molecule has 94 valence electrons. The Hall–Kier alpha value is -0.380. The molecule has 1 fully saturated rings. The van der Waals surface area contributed by atoms with Crippen molar-refractivity contribution in [2.24, 2.45) is 5.92 Å². The minimum atomic E-state index is 0.703. The minimum absolute atomic E-state index is 0.703. The summed E-state index contributed by atoms with van der Waals surface area (Å²) in [6, 6.07) is 6.53. The summed E-state index contributed by atoms with van der Waals surface area (Å²) in [5.41, 5.74) is 2.75. The summed E-state index contributed by atoms with van der Waals surface area (Å²) in [6.07, 6.45) is 3.81. The van der Waals surface area contributed by atoms with E-state index in [0.717, 1.165) is 16.9 Å². The zero-order valence-corrected chi connectivity index (χ0v) is 11.9. The van der Waals surface area contributed by atoms with E-state index in [-0.39, 0.29) is 0 Å². The molecule has 0 bridgehead atoms. The molecule has 1 heterocycles. The molecule has 3 heteroatoms. The predicted molar refractivity (Wildman–Crippen MR) is 74.2 cm³/mol. The van der Waals surface area contributed by atoms with Crippen molar-refractivity contribution in [2.45, 2.75) is 25.9 Å². The zero-order valence-electron chi connectivity index (χ0n) is 10.3. The van der Waals surface area contributed by atoms with Crippen LogP contribution in [0, 0.1) is 5.92 Å². The summed E-state index contributed by atoms with van der Waals surface area (Å²) < 4.78 is 6.41. The Morgan fingerprint density at radius 2 is 2.29 bits per heavy atom. The fourth-order valence-electron chi connectivity index (χ4n) is 2.49. The van der Waals surface area contributed by atoms with E-state index in [9.17, 15) is 0 Å². The van der Waals surface area contributed by atoms with Crippen LogP contribution in [0.3, 0.4) is 0 Å². The quantitative estimate of drug-likeness (QED) is 0.922. The summed E-state index contributed by atoms with van der Waals surface area (Å²) in [5.74, 6) is 0.778. The van der Waals surface area contributed by atoms with Gasteiger partial charge in [-0.1, -0.05) is 22.0 Å². The van der Waals surface area contributed by atoms with E-state index in [0.29, 0.717) is 6.61 Å². The Morgan fingerprint density at radius 1 is 1.41 bits per heavy atom. The summed E-state index contributed by atoms with van der Waals surface area (Å²) in [5, 5.41) is 3.48. The number of benzene rings is 1. The summed E-state index contributed by atoms with van der Waals surface area (Å²) >= 11 is 3.52. The zero-order chi connectivity index (χ0) is 12.1. The second-order valence-electron chi connectivity index (χ2n) is 4.76. The molecule has 0 aromatic heterocycles. The fourth-order valence-corrected chi connectivity index (χ4v) is 2.90. The van der Waals surface area contributed by atoms with E-state index in [1.54, 1.807) is 7.11 Å². The van der Waals surface area contributed by atoms with Gasteiger partial charge in [0, 0.05) is 11.6 Å². The molecule has 0 saturated carbocycles. The van der Waals surface area contributed by atoms with Gasteiger partial charge >= 0.3 is 0 Å². The van der Waals surface area contributed by atoms with Crippen LogP contribution in [0.25, 0.3) is 0 Å². The first kappa shape index (κ1) is 13.1. The first-order valence-electron chi connectivity index (χ1n) is 6.26. The summed E-state index contributed by atoms with van der Waals surface area (Å²) in [7, 11) is 1.76. The molecule has 1 aliphatic rings. The van der Waals surface area contributed by atoms with Crippen LogP contribution in [0.5, 0.6) is 0 Å². The van der Waals surface area contributed by atoms with Crippen LogP contribution in [-0.4, -0.2) is 20.2 Å². The van der Waals surface area contributed by atoms with Gasteiger partial charge in [-0.15, -0.1) is 0 Å². The summed E-state index contributed by atoms with van der Waals surface area (Å²) in [6.45, 7) is 3.04. The lowest BCUT2D eigenvalue weighted by molar-refractivity contribution is 0.183. The predicted octanol–water partition coefficient (Wildman–Crippen LogP) is 3.14. The number of hydrogen-bond acceptors (Lipinski definition) is 2. The molecule has 1 N–H and O–H groups in total.